The Kier molecular flexibility index (Phi) is 5.83. The Balaban J connectivity index is 1.61. The number of ether oxygens (including phenoxy) is 1. The summed E-state index contributed by atoms with van der Waals surface area (Å²) in [5.74, 6) is -0.167. The highest BCUT2D eigenvalue weighted by atomic mass is 35.5. The van der Waals surface area contributed by atoms with Crippen LogP contribution in [0.5, 0.6) is 0 Å². The number of sulfonamides is 1. The molecule has 30 heavy (non-hydrogen) atoms. The van der Waals surface area contributed by atoms with Gasteiger partial charge in [-0.2, -0.15) is 0 Å². The van der Waals surface area contributed by atoms with E-state index in [0.29, 0.717) is 47.2 Å². The molecular formula is C19H18ClN3O5S2. The smallest absolute Gasteiger partial charge is 0.308 e. The molecule has 2 heterocycles. The molecule has 1 aliphatic rings. The highest BCUT2D eigenvalue weighted by Gasteiger charge is 2.21. The van der Waals surface area contributed by atoms with E-state index in [1.54, 1.807) is 29.2 Å². The van der Waals surface area contributed by atoms with Crippen molar-refractivity contribution in [2.24, 2.45) is 0 Å². The third-order valence-corrected chi connectivity index (χ3v) is 7.24. The average Bonchev–Trinajstić information content (AvgIpc) is 3.03. The largest absolute Gasteiger partial charge is 0.378 e. The fourth-order valence-corrected chi connectivity index (χ4v) is 5.45. The summed E-state index contributed by atoms with van der Waals surface area (Å²) in [5.41, 5.74) is 0.859. The van der Waals surface area contributed by atoms with Gasteiger partial charge < -0.3 is 9.64 Å². The average molecular weight is 468 g/mol. The molecule has 0 atom stereocenters. The molecule has 1 saturated heterocycles. The van der Waals surface area contributed by atoms with Gasteiger partial charge in [0, 0.05) is 18.1 Å². The molecule has 0 unspecified atom stereocenters. The second-order valence-electron chi connectivity index (χ2n) is 6.69. The summed E-state index contributed by atoms with van der Waals surface area (Å²) in [6.45, 7) is 1.85. The summed E-state index contributed by atoms with van der Waals surface area (Å²) in [6, 6.07) is 10.8. The summed E-state index contributed by atoms with van der Waals surface area (Å²) in [4.78, 5) is 26.3. The predicted molar refractivity (Wildman–Crippen MR) is 116 cm³/mol. The minimum atomic E-state index is -3.87. The molecule has 158 valence electrons. The number of fused-ring (bicyclic) bond motifs is 1. The van der Waals surface area contributed by atoms with Crippen LogP contribution >= 0.6 is 22.9 Å². The van der Waals surface area contributed by atoms with Crippen LogP contribution in [0.3, 0.4) is 0 Å². The lowest BCUT2D eigenvalue weighted by Crippen LogP contribution is -2.43. The number of aromatic nitrogens is 1. The molecule has 3 aromatic rings. The number of rotatable bonds is 5. The summed E-state index contributed by atoms with van der Waals surface area (Å²) in [5, 5.41) is 0.408. The number of thiazole rings is 1. The predicted octanol–water partition coefficient (Wildman–Crippen LogP) is 2.38. The zero-order valence-corrected chi connectivity index (χ0v) is 18.1. The summed E-state index contributed by atoms with van der Waals surface area (Å²) in [7, 11) is -3.87. The second kappa shape index (κ2) is 8.38. The van der Waals surface area contributed by atoms with Gasteiger partial charge in [-0.05, 0) is 36.4 Å². The lowest BCUT2D eigenvalue weighted by Gasteiger charge is -2.26. The molecule has 0 spiro atoms. The molecule has 2 aromatic carbocycles. The Morgan fingerprint density at radius 3 is 2.67 bits per heavy atom. The Hall–Kier alpha value is -2.40. The number of carbonyl (C=O) groups is 1. The Bertz CT molecular complexity index is 1260. The molecule has 1 aliphatic heterocycles. The van der Waals surface area contributed by atoms with Crippen LogP contribution < -0.4 is 9.60 Å². The number of carbonyl (C=O) groups excluding carboxylic acids is 1. The molecule has 1 fully saturated rings. The van der Waals surface area contributed by atoms with Crippen molar-refractivity contribution in [3.05, 3.63) is 57.2 Å². The first-order valence-electron chi connectivity index (χ1n) is 9.11. The monoisotopic (exact) mass is 467 g/mol. The number of amides is 1. The number of nitrogens with zero attached hydrogens (tertiary/aromatic N) is 2. The van der Waals surface area contributed by atoms with Crippen LogP contribution in [0.4, 0.5) is 5.69 Å². The van der Waals surface area contributed by atoms with Crippen molar-refractivity contribution in [2.45, 2.75) is 11.4 Å². The number of morpholine rings is 1. The van der Waals surface area contributed by atoms with Crippen LogP contribution in [-0.2, 0) is 26.1 Å². The van der Waals surface area contributed by atoms with Crippen LogP contribution in [0.25, 0.3) is 10.2 Å². The van der Waals surface area contributed by atoms with E-state index in [1.807, 2.05) is 0 Å². The van der Waals surface area contributed by atoms with Crippen LogP contribution in [0.1, 0.15) is 0 Å². The zero-order chi connectivity index (χ0) is 21.3. The fraction of sp³-hybridized carbons (Fsp3) is 0.263. The first-order valence-corrected chi connectivity index (χ1v) is 11.8. The number of anilines is 1. The van der Waals surface area contributed by atoms with E-state index in [2.05, 4.69) is 4.72 Å². The molecule has 0 bridgehead atoms. The topological polar surface area (TPSA) is 97.7 Å². The second-order valence-corrected chi connectivity index (χ2v) is 9.80. The van der Waals surface area contributed by atoms with Gasteiger partial charge in [-0.15, -0.1) is 0 Å². The summed E-state index contributed by atoms with van der Waals surface area (Å²) in [6.07, 6.45) is 0. The van der Waals surface area contributed by atoms with Gasteiger partial charge in [-0.3, -0.25) is 18.9 Å². The molecule has 1 amide bonds. The van der Waals surface area contributed by atoms with Gasteiger partial charge in [0.25, 0.3) is 10.0 Å². The zero-order valence-electron chi connectivity index (χ0n) is 15.7. The number of hydrogen-bond acceptors (Lipinski definition) is 6. The van der Waals surface area contributed by atoms with Gasteiger partial charge in [0.2, 0.25) is 5.91 Å². The number of hydrogen-bond donors (Lipinski definition) is 1. The molecule has 0 radical (unpaired) electrons. The van der Waals surface area contributed by atoms with Gasteiger partial charge >= 0.3 is 4.87 Å². The Labute approximate surface area is 181 Å². The molecule has 0 aliphatic carbocycles. The van der Waals surface area contributed by atoms with Gasteiger partial charge in [0.1, 0.15) is 6.54 Å². The molecule has 1 aromatic heterocycles. The quantitative estimate of drug-likeness (QED) is 0.621. The standard InChI is InChI=1S/C19H18ClN3O5S2/c20-13-2-1-3-14(10-13)21-30(26,27)15-4-5-16-17(11-15)29-19(25)23(16)12-18(24)22-6-8-28-9-7-22/h1-5,10-11,21H,6-9,12H2. The minimum Gasteiger partial charge on any atom is -0.378 e. The molecular weight excluding hydrogens is 450 g/mol. The number of nitrogens with one attached hydrogen (secondary N) is 1. The summed E-state index contributed by atoms with van der Waals surface area (Å²) >= 11 is 6.81. The Morgan fingerprint density at radius 2 is 1.93 bits per heavy atom. The molecule has 0 saturated carbocycles. The Morgan fingerprint density at radius 1 is 1.17 bits per heavy atom. The molecule has 8 nitrogen and oxygen atoms in total. The van der Waals surface area contributed by atoms with Crippen molar-refractivity contribution in [3.63, 3.8) is 0 Å². The van der Waals surface area contributed by atoms with Crippen LogP contribution in [-0.4, -0.2) is 50.1 Å². The van der Waals surface area contributed by atoms with Crippen molar-refractivity contribution < 1.29 is 17.9 Å². The van der Waals surface area contributed by atoms with E-state index in [0.717, 1.165) is 11.3 Å². The third kappa shape index (κ3) is 4.36. The lowest BCUT2D eigenvalue weighted by atomic mass is 10.3. The highest BCUT2D eigenvalue weighted by molar-refractivity contribution is 7.92. The van der Waals surface area contributed by atoms with Crippen molar-refractivity contribution in [2.75, 3.05) is 31.0 Å². The van der Waals surface area contributed by atoms with Crippen LogP contribution in [0.2, 0.25) is 5.02 Å². The van der Waals surface area contributed by atoms with E-state index in [1.165, 1.54) is 22.8 Å². The normalized spacial score (nSPS) is 14.8. The fourth-order valence-electron chi connectivity index (χ4n) is 3.18. The highest BCUT2D eigenvalue weighted by Crippen LogP contribution is 2.24. The first kappa shape index (κ1) is 20.9. The van der Waals surface area contributed by atoms with Gasteiger partial charge in [-0.25, -0.2) is 8.42 Å². The lowest BCUT2D eigenvalue weighted by molar-refractivity contribution is -0.135. The number of halogens is 1. The van der Waals surface area contributed by atoms with Crippen molar-refractivity contribution in [1.29, 1.82) is 0 Å². The SMILES string of the molecule is O=C(Cn1c(=O)sc2cc(S(=O)(=O)Nc3cccc(Cl)c3)ccc21)N1CCOCC1. The van der Waals surface area contributed by atoms with E-state index in [-0.39, 0.29) is 22.2 Å². The molecule has 1 N–H and O–H groups in total. The first-order chi connectivity index (χ1) is 14.3. The van der Waals surface area contributed by atoms with Crippen LogP contribution in [0, 0.1) is 0 Å². The number of benzene rings is 2. The van der Waals surface area contributed by atoms with E-state index in [9.17, 15) is 18.0 Å². The van der Waals surface area contributed by atoms with E-state index < -0.39 is 10.0 Å². The molecule has 4 rings (SSSR count). The maximum atomic E-state index is 12.7. The van der Waals surface area contributed by atoms with E-state index in [4.69, 9.17) is 16.3 Å². The third-order valence-electron chi connectivity index (χ3n) is 4.68. The summed E-state index contributed by atoms with van der Waals surface area (Å²) < 4.78 is 35.0. The van der Waals surface area contributed by atoms with E-state index >= 15 is 0 Å². The van der Waals surface area contributed by atoms with Crippen molar-refractivity contribution in [3.8, 4) is 0 Å². The van der Waals surface area contributed by atoms with Crippen LogP contribution in [0.15, 0.2) is 52.2 Å². The minimum absolute atomic E-state index is 0.0166. The van der Waals surface area contributed by atoms with Crippen molar-refractivity contribution in [1.82, 2.24) is 9.47 Å². The van der Waals surface area contributed by atoms with Crippen molar-refractivity contribution >= 4 is 54.8 Å². The molecule has 11 heteroatoms. The maximum Gasteiger partial charge on any atom is 0.308 e. The van der Waals surface area contributed by atoms with Gasteiger partial charge in [-0.1, -0.05) is 29.0 Å². The van der Waals surface area contributed by atoms with Gasteiger partial charge in [0.05, 0.1) is 34.0 Å². The maximum absolute atomic E-state index is 12.7. The van der Waals surface area contributed by atoms with Gasteiger partial charge in [0.15, 0.2) is 0 Å².